The van der Waals surface area contributed by atoms with E-state index in [1.54, 1.807) is 12.1 Å². The molecule has 6 nitrogen and oxygen atoms in total. The number of anilines is 1. The van der Waals surface area contributed by atoms with Gasteiger partial charge in [0, 0.05) is 16.7 Å². The predicted octanol–water partition coefficient (Wildman–Crippen LogP) is 0.363. The summed E-state index contributed by atoms with van der Waals surface area (Å²) in [5, 5.41) is 2.59. The molecule has 0 aromatic heterocycles. The standard InChI is InChI=1S/C13H9ClN2O4/c14-6-3-7-10-8(4-6)20-2-1-16(10)12(19)13(7)5-9(17)15-11(13)18/h3-4H,1-2,5H2,(H,15,17,18). The van der Waals surface area contributed by atoms with Crippen LogP contribution in [0, 0.1) is 0 Å². The molecule has 1 N–H and O–H groups in total. The van der Waals surface area contributed by atoms with Crippen molar-refractivity contribution in [2.75, 3.05) is 18.1 Å². The molecule has 4 rings (SSSR count). The van der Waals surface area contributed by atoms with Crippen LogP contribution in [0.4, 0.5) is 5.69 Å². The first kappa shape index (κ1) is 11.7. The average molecular weight is 293 g/mol. The van der Waals surface area contributed by atoms with Crippen molar-refractivity contribution in [3.05, 3.63) is 22.7 Å². The van der Waals surface area contributed by atoms with E-state index in [0.29, 0.717) is 35.2 Å². The van der Waals surface area contributed by atoms with Gasteiger partial charge in [-0.05, 0) is 6.07 Å². The Morgan fingerprint density at radius 1 is 1.30 bits per heavy atom. The van der Waals surface area contributed by atoms with Crippen molar-refractivity contribution in [2.24, 2.45) is 0 Å². The van der Waals surface area contributed by atoms with Crippen LogP contribution in [0.3, 0.4) is 0 Å². The highest BCUT2D eigenvalue weighted by Crippen LogP contribution is 2.52. The molecule has 1 atom stereocenters. The second-order valence-electron chi connectivity index (χ2n) is 5.06. The molecule has 1 saturated heterocycles. The van der Waals surface area contributed by atoms with Crippen LogP contribution in [0.25, 0.3) is 0 Å². The van der Waals surface area contributed by atoms with Gasteiger partial charge in [-0.15, -0.1) is 0 Å². The quantitative estimate of drug-likeness (QED) is 0.553. The third-order valence-electron chi connectivity index (χ3n) is 4.02. The van der Waals surface area contributed by atoms with Crippen LogP contribution in [0.1, 0.15) is 12.0 Å². The average Bonchev–Trinajstić information content (AvgIpc) is 2.82. The van der Waals surface area contributed by atoms with Gasteiger partial charge in [0.2, 0.25) is 17.7 Å². The van der Waals surface area contributed by atoms with Gasteiger partial charge in [0.25, 0.3) is 0 Å². The van der Waals surface area contributed by atoms with Crippen LogP contribution < -0.4 is 15.0 Å². The van der Waals surface area contributed by atoms with E-state index in [2.05, 4.69) is 5.32 Å². The molecule has 1 fully saturated rings. The summed E-state index contributed by atoms with van der Waals surface area (Å²) in [5.41, 5.74) is -0.441. The van der Waals surface area contributed by atoms with E-state index in [1.807, 2.05) is 0 Å². The largest absolute Gasteiger partial charge is 0.489 e. The molecule has 1 aromatic rings. The predicted molar refractivity (Wildman–Crippen MR) is 68.7 cm³/mol. The van der Waals surface area contributed by atoms with Crippen LogP contribution in [-0.2, 0) is 19.8 Å². The number of halogens is 1. The maximum Gasteiger partial charge on any atom is 0.248 e. The van der Waals surface area contributed by atoms with Crippen LogP contribution >= 0.6 is 11.6 Å². The minimum absolute atomic E-state index is 0.173. The lowest BCUT2D eigenvalue weighted by atomic mass is 9.80. The maximum absolute atomic E-state index is 12.7. The lowest BCUT2D eigenvalue weighted by Crippen LogP contribution is -2.46. The fraction of sp³-hybridized carbons (Fsp3) is 0.308. The highest BCUT2D eigenvalue weighted by Gasteiger charge is 2.62. The molecule has 20 heavy (non-hydrogen) atoms. The third-order valence-corrected chi connectivity index (χ3v) is 4.24. The SMILES string of the molecule is O=C1CC2(C(=O)N1)C(=O)N1CCOc3cc(Cl)cc2c31. The second kappa shape index (κ2) is 3.52. The van der Waals surface area contributed by atoms with Crippen LogP contribution in [-0.4, -0.2) is 30.9 Å². The van der Waals surface area contributed by atoms with Crippen molar-refractivity contribution in [3.63, 3.8) is 0 Å². The monoisotopic (exact) mass is 292 g/mol. The first-order valence-electron chi connectivity index (χ1n) is 6.17. The Labute approximate surface area is 118 Å². The second-order valence-corrected chi connectivity index (χ2v) is 5.50. The Kier molecular flexibility index (Phi) is 2.06. The number of ether oxygens (including phenoxy) is 1. The summed E-state index contributed by atoms with van der Waals surface area (Å²) in [4.78, 5) is 38.0. The molecule has 1 aromatic carbocycles. The number of hydrogen-bond acceptors (Lipinski definition) is 4. The third kappa shape index (κ3) is 1.17. The van der Waals surface area contributed by atoms with Gasteiger partial charge in [-0.1, -0.05) is 11.6 Å². The molecule has 1 unspecified atom stereocenters. The smallest absolute Gasteiger partial charge is 0.248 e. The molecule has 0 aliphatic carbocycles. The summed E-state index contributed by atoms with van der Waals surface area (Å²) in [6.07, 6.45) is -0.173. The zero-order valence-electron chi connectivity index (χ0n) is 10.2. The molecule has 0 bridgehead atoms. The van der Waals surface area contributed by atoms with Crippen LogP contribution in [0.5, 0.6) is 5.75 Å². The zero-order chi connectivity index (χ0) is 14.1. The molecular weight excluding hydrogens is 284 g/mol. The molecule has 3 aliphatic heterocycles. The highest BCUT2D eigenvalue weighted by molar-refractivity contribution is 6.33. The van der Waals surface area contributed by atoms with Gasteiger partial charge in [0.1, 0.15) is 12.4 Å². The van der Waals surface area contributed by atoms with Crippen LogP contribution in [0.2, 0.25) is 5.02 Å². The Balaban J connectivity index is 2.05. The van der Waals surface area contributed by atoms with Gasteiger partial charge in [-0.2, -0.15) is 0 Å². The van der Waals surface area contributed by atoms with E-state index in [1.165, 1.54) is 4.90 Å². The van der Waals surface area contributed by atoms with Crippen molar-refractivity contribution >= 4 is 35.0 Å². The summed E-state index contributed by atoms with van der Waals surface area (Å²) in [7, 11) is 0. The van der Waals surface area contributed by atoms with E-state index in [-0.39, 0.29) is 12.3 Å². The minimum atomic E-state index is -1.47. The fourth-order valence-corrected chi connectivity index (χ4v) is 3.39. The highest BCUT2D eigenvalue weighted by atomic mass is 35.5. The van der Waals surface area contributed by atoms with Crippen LogP contribution in [0.15, 0.2) is 12.1 Å². The van der Waals surface area contributed by atoms with Gasteiger partial charge in [-0.3, -0.25) is 19.7 Å². The number of amides is 3. The van der Waals surface area contributed by atoms with E-state index in [4.69, 9.17) is 16.3 Å². The molecule has 1 spiro atoms. The van der Waals surface area contributed by atoms with Crippen molar-refractivity contribution in [2.45, 2.75) is 11.8 Å². The molecule has 3 aliphatic rings. The number of nitrogens with one attached hydrogen (secondary N) is 1. The summed E-state index contributed by atoms with van der Waals surface area (Å²) < 4.78 is 5.51. The lowest BCUT2D eigenvalue weighted by Gasteiger charge is -2.25. The number of benzene rings is 1. The Morgan fingerprint density at radius 3 is 2.80 bits per heavy atom. The summed E-state index contributed by atoms with van der Waals surface area (Å²) in [5.74, 6) is -0.914. The van der Waals surface area contributed by atoms with Gasteiger partial charge in [0.05, 0.1) is 18.7 Å². The number of rotatable bonds is 0. The molecule has 3 amide bonds. The van der Waals surface area contributed by atoms with Crippen molar-refractivity contribution in [1.29, 1.82) is 0 Å². The van der Waals surface area contributed by atoms with Gasteiger partial charge in [-0.25, -0.2) is 0 Å². The normalized spacial score (nSPS) is 26.9. The minimum Gasteiger partial charge on any atom is -0.489 e. The zero-order valence-corrected chi connectivity index (χ0v) is 11.0. The topological polar surface area (TPSA) is 75.7 Å². The first-order valence-corrected chi connectivity index (χ1v) is 6.55. The number of fused-ring (bicyclic) bond motifs is 1. The molecule has 0 radical (unpaired) electrons. The van der Waals surface area contributed by atoms with E-state index < -0.39 is 17.2 Å². The first-order chi connectivity index (χ1) is 9.54. The van der Waals surface area contributed by atoms with Gasteiger partial charge >= 0.3 is 0 Å². The number of carbonyl (C=O) groups is 3. The lowest BCUT2D eigenvalue weighted by molar-refractivity contribution is -0.133. The molecular formula is C13H9ClN2O4. The maximum atomic E-state index is 12.7. The molecule has 3 heterocycles. The Hall–Kier alpha value is -2.08. The number of hydrogen-bond donors (Lipinski definition) is 1. The summed E-state index contributed by atoms with van der Waals surface area (Å²) >= 11 is 6.05. The summed E-state index contributed by atoms with van der Waals surface area (Å²) in [6, 6.07) is 3.19. The number of nitrogens with zero attached hydrogens (tertiary/aromatic N) is 1. The van der Waals surface area contributed by atoms with Crippen molar-refractivity contribution in [1.82, 2.24) is 5.32 Å². The van der Waals surface area contributed by atoms with E-state index >= 15 is 0 Å². The van der Waals surface area contributed by atoms with E-state index in [0.717, 1.165) is 0 Å². The Morgan fingerprint density at radius 2 is 2.10 bits per heavy atom. The van der Waals surface area contributed by atoms with Crippen molar-refractivity contribution in [3.8, 4) is 5.75 Å². The molecule has 0 saturated carbocycles. The van der Waals surface area contributed by atoms with Crippen molar-refractivity contribution < 1.29 is 19.1 Å². The Bertz CT molecular complexity index is 702. The molecule has 102 valence electrons. The molecule has 7 heteroatoms. The van der Waals surface area contributed by atoms with Gasteiger partial charge < -0.3 is 9.64 Å². The number of imide groups is 1. The van der Waals surface area contributed by atoms with E-state index in [9.17, 15) is 14.4 Å². The fourth-order valence-electron chi connectivity index (χ4n) is 3.18. The van der Waals surface area contributed by atoms with Gasteiger partial charge in [0.15, 0.2) is 5.41 Å². The number of carbonyl (C=O) groups excluding carboxylic acids is 3. The summed E-state index contributed by atoms with van der Waals surface area (Å²) in [6.45, 7) is 0.702.